The summed E-state index contributed by atoms with van der Waals surface area (Å²) in [4.78, 5) is 0. The summed E-state index contributed by atoms with van der Waals surface area (Å²) in [5.74, 6) is 0. The predicted octanol–water partition coefficient (Wildman–Crippen LogP) is 3.69. The smallest absolute Gasteiger partial charge is 0.109 e. The van der Waals surface area contributed by atoms with Crippen LogP contribution in [0.5, 0.6) is 0 Å². The van der Waals surface area contributed by atoms with Crippen molar-refractivity contribution < 1.29 is 4.42 Å². The number of hydrogen-bond acceptors (Lipinski definition) is 1. The van der Waals surface area contributed by atoms with Gasteiger partial charge in [0.15, 0.2) is 0 Å². The molecule has 11 heavy (non-hydrogen) atoms. The largest absolute Gasteiger partial charge is 0.470 e. The average Bonchev–Trinajstić information content (AvgIpc) is 2.31. The summed E-state index contributed by atoms with van der Waals surface area (Å²) in [7, 11) is 0. The van der Waals surface area contributed by atoms with Gasteiger partial charge in [0.25, 0.3) is 0 Å². The number of hydrogen-bond donors (Lipinski definition) is 0. The fourth-order valence-electron chi connectivity index (χ4n) is 1.02. The molecular formula is C8H4Cl2O. The molecule has 0 atom stereocenters. The molecule has 56 valence electrons. The van der Waals surface area contributed by atoms with Crippen molar-refractivity contribution in [1.82, 2.24) is 0 Å². The van der Waals surface area contributed by atoms with E-state index in [1.807, 2.05) is 12.1 Å². The minimum Gasteiger partial charge on any atom is -0.470 e. The van der Waals surface area contributed by atoms with E-state index in [0.29, 0.717) is 10.0 Å². The van der Waals surface area contributed by atoms with Gasteiger partial charge < -0.3 is 4.42 Å². The normalized spacial score (nSPS) is 10.7. The molecule has 0 saturated carbocycles. The van der Waals surface area contributed by atoms with Crippen molar-refractivity contribution in [2.75, 3.05) is 0 Å². The molecule has 3 heteroatoms. The first-order chi connectivity index (χ1) is 5.27. The molecule has 0 aromatic rings. The molecule has 0 N–H and O–H groups in total. The van der Waals surface area contributed by atoms with Crippen molar-refractivity contribution in [3.05, 3.63) is 34.7 Å². The average molecular weight is 187 g/mol. The van der Waals surface area contributed by atoms with Gasteiger partial charge in [-0.25, -0.2) is 0 Å². The van der Waals surface area contributed by atoms with Gasteiger partial charge in [-0.1, -0.05) is 23.2 Å². The molecule has 0 aromatic carbocycles. The van der Waals surface area contributed by atoms with Crippen LogP contribution in [0.25, 0.3) is 11.1 Å². The first kappa shape index (κ1) is 7.01. The Balaban J connectivity index is 2.78. The maximum atomic E-state index is 5.82. The molecule has 0 unspecified atom stereocenters. The van der Waals surface area contributed by atoms with E-state index in [1.165, 1.54) is 6.26 Å². The second-order valence-corrected chi connectivity index (χ2v) is 3.11. The lowest BCUT2D eigenvalue weighted by Gasteiger charge is -1.96. The highest BCUT2D eigenvalue weighted by Gasteiger charge is 2.09. The minimum atomic E-state index is 0.592. The summed E-state index contributed by atoms with van der Waals surface area (Å²) >= 11 is 11.6. The quantitative estimate of drug-likeness (QED) is 0.612. The SMILES string of the molecule is Clc1cc2cocc(Cl)c-2c1. The van der Waals surface area contributed by atoms with Crippen LogP contribution in [-0.4, -0.2) is 0 Å². The van der Waals surface area contributed by atoms with Crippen LogP contribution in [-0.2, 0) is 0 Å². The van der Waals surface area contributed by atoms with E-state index in [1.54, 1.807) is 6.26 Å². The molecule has 0 amide bonds. The van der Waals surface area contributed by atoms with Crippen LogP contribution in [0.1, 0.15) is 0 Å². The molecule has 2 rings (SSSR count). The third-order valence-corrected chi connectivity index (χ3v) is 2.02. The summed E-state index contributed by atoms with van der Waals surface area (Å²) < 4.78 is 4.94. The summed E-state index contributed by atoms with van der Waals surface area (Å²) in [6, 6.07) is 3.63. The van der Waals surface area contributed by atoms with E-state index >= 15 is 0 Å². The Kier molecular flexibility index (Phi) is 1.55. The van der Waals surface area contributed by atoms with Crippen LogP contribution in [0.3, 0.4) is 0 Å². The molecule has 0 aromatic heterocycles. The fraction of sp³-hybridized carbons (Fsp3) is 0. The summed E-state index contributed by atoms with van der Waals surface area (Å²) in [5.41, 5.74) is 1.87. The Bertz CT molecular complexity index is 353. The van der Waals surface area contributed by atoms with Crippen LogP contribution >= 0.6 is 23.2 Å². The van der Waals surface area contributed by atoms with Crippen molar-refractivity contribution in [2.45, 2.75) is 0 Å². The van der Waals surface area contributed by atoms with Crippen LogP contribution in [0.15, 0.2) is 29.1 Å². The van der Waals surface area contributed by atoms with Crippen molar-refractivity contribution in [1.29, 1.82) is 0 Å². The molecule has 0 saturated heterocycles. The van der Waals surface area contributed by atoms with Gasteiger partial charge in [-0.15, -0.1) is 0 Å². The first-order valence-electron chi connectivity index (χ1n) is 3.08. The Morgan fingerprint density at radius 2 is 1.91 bits per heavy atom. The first-order valence-corrected chi connectivity index (χ1v) is 3.84. The molecule has 0 fully saturated rings. The Morgan fingerprint density at radius 3 is 2.64 bits per heavy atom. The van der Waals surface area contributed by atoms with Crippen molar-refractivity contribution in [2.24, 2.45) is 0 Å². The summed E-state index contributed by atoms with van der Waals surface area (Å²) in [5, 5.41) is 1.28. The number of fused-ring (bicyclic) bond motifs is 1. The second-order valence-electron chi connectivity index (χ2n) is 2.26. The van der Waals surface area contributed by atoms with E-state index in [4.69, 9.17) is 27.6 Å². The Morgan fingerprint density at radius 1 is 1.09 bits per heavy atom. The van der Waals surface area contributed by atoms with E-state index < -0.39 is 0 Å². The molecule has 0 bridgehead atoms. The van der Waals surface area contributed by atoms with Gasteiger partial charge >= 0.3 is 0 Å². The van der Waals surface area contributed by atoms with Crippen LogP contribution in [0, 0.1) is 0 Å². The fourth-order valence-corrected chi connectivity index (χ4v) is 1.47. The molecule has 1 nitrogen and oxygen atoms in total. The molecule has 1 aliphatic carbocycles. The third-order valence-electron chi connectivity index (χ3n) is 1.51. The predicted molar refractivity (Wildman–Crippen MR) is 45.4 cm³/mol. The maximum Gasteiger partial charge on any atom is 0.109 e. The topological polar surface area (TPSA) is 13.1 Å². The lowest BCUT2D eigenvalue weighted by Crippen LogP contribution is -1.71. The second kappa shape index (κ2) is 2.43. The van der Waals surface area contributed by atoms with Crippen LogP contribution in [0.2, 0.25) is 10.0 Å². The minimum absolute atomic E-state index is 0.592. The van der Waals surface area contributed by atoms with Gasteiger partial charge in [0.1, 0.15) is 6.26 Å². The summed E-state index contributed by atoms with van der Waals surface area (Å²) in [6.45, 7) is 0. The van der Waals surface area contributed by atoms with E-state index in [9.17, 15) is 0 Å². The Labute approximate surface area is 73.9 Å². The van der Waals surface area contributed by atoms with E-state index in [0.717, 1.165) is 11.1 Å². The lowest BCUT2D eigenvalue weighted by molar-refractivity contribution is 0.552. The Hall–Kier alpha value is -0.660. The van der Waals surface area contributed by atoms with Gasteiger partial charge in [0.05, 0.1) is 11.3 Å². The maximum absolute atomic E-state index is 5.82. The molecule has 0 radical (unpaired) electrons. The molecule has 1 aliphatic heterocycles. The zero-order valence-corrected chi connectivity index (χ0v) is 6.99. The van der Waals surface area contributed by atoms with Gasteiger partial charge in [0.2, 0.25) is 0 Å². The monoisotopic (exact) mass is 186 g/mol. The third kappa shape index (κ3) is 1.10. The van der Waals surface area contributed by atoms with Crippen molar-refractivity contribution in [3.63, 3.8) is 0 Å². The summed E-state index contributed by atoms with van der Waals surface area (Å²) in [6.07, 6.45) is 3.10. The molecule has 1 heterocycles. The van der Waals surface area contributed by atoms with E-state index in [-0.39, 0.29) is 0 Å². The molecular weight excluding hydrogens is 183 g/mol. The van der Waals surface area contributed by atoms with Crippen molar-refractivity contribution in [3.8, 4) is 11.1 Å². The number of halogens is 2. The van der Waals surface area contributed by atoms with Gasteiger partial charge in [-0.3, -0.25) is 0 Å². The molecule has 2 aliphatic rings. The highest BCUT2D eigenvalue weighted by molar-refractivity contribution is 6.35. The van der Waals surface area contributed by atoms with Crippen molar-refractivity contribution >= 4 is 23.2 Å². The number of rotatable bonds is 0. The molecule has 0 spiro atoms. The van der Waals surface area contributed by atoms with Gasteiger partial charge in [-0.05, 0) is 12.1 Å². The standard InChI is InChI=1S/C8H4Cl2O/c9-6-1-5-3-11-4-8(10)7(5)2-6/h1-4H. The highest BCUT2D eigenvalue weighted by Crippen LogP contribution is 2.34. The van der Waals surface area contributed by atoms with Gasteiger partial charge in [0, 0.05) is 16.1 Å². The zero-order chi connectivity index (χ0) is 7.84. The van der Waals surface area contributed by atoms with E-state index in [2.05, 4.69) is 0 Å². The zero-order valence-electron chi connectivity index (χ0n) is 5.47. The highest BCUT2D eigenvalue weighted by atomic mass is 35.5. The van der Waals surface area contributed by atoms with Crippen LogP contribution < -0.4 is 0 Å². The van der Waals surface area contributed by atoms with Gasteiger partial charge in [-0.2, -0.15) is 0 Å². The lowest BCUT2D eigenvalue weighted by atomic mass is 10.2. The van der Waals surface area contributed by atoms with Crippen LogP contribution in [0.4, 0.5) is 0 Å².